The van der Waals surface area contributed by atoms with E-state index in [2.05, 4.69) is 6.58 Å². The molecule has 35 heavy (non-hydrogen) atoms. The summed E-state index contributed by atoms with van der Waals surface area (Å²) in [6.45, 7) is 5.77. The first-order valence-corrected chi connectivity index (χ1v) is 12.0. The molecule has 1 spiro atoms. The standard InChI is InChI=1S/C27H30N2O6/c1-3-13-28(19-10-9-17-7-4-5-8-18(17)16-19)24(32)22-27-12-11-26(2,35-27)21(25(33)34)20(27)23(31)29(22)14-6-15-30/h3-5,7-10,16,20-22,30H,1,6,11-15H2,2H3,(H,33,34)/t20-,21-,22?,26+,27?/m0/s1. The topological polar surface area (TPSA) is 107 Å². The van der Waals surface area contributed by atoms with Gasteiger partial charge in [0.1, 0.15) is 11.6 Å². The number of nitrogens with zero attached hydrogens (tertiary/aromatic N) is 2. The molecule has 2 bridgehead atoms. The molecule has 8 nitrogen and oxygen atoms in total. The second-order valence-electron chi connectivity index (χ2n) is 9.94. The highest BCUT2D eigenvalue weighted by Gasteiger charge is 2.78. The Kier molecular flexibility index (Phi) is 5.68. The van der Waals surface area contributed by atoms with E-state index in [0.717, 1.165) is 10.8 Å². The molecular weight excluding hydrogens is 448 g/mol. The molecule has 3 fully saturated rings. The largest absolute Gasteiger partial charge is 0.481 e. The van der Waals surface area contributed by atoms with Gasteiger partial charge in [-0.2, -0.15) is 0 Å². The lowest BCUT2D eigenvalue weighted by atomic mass is 9.66. The van der Waals surface area contributed by atoms with Crippen molar-refractivity contribution in [2.45, 2.75) is 43.4 Å². The Bertz CT molecular complexity index is 1210. The van der Waals surface area contributed by atoms with Gasteiger partial charge in [0.25, 0.3) is 5.91 Å². The summed E-state index contributed by atoms with van der Waals surface area (Å²) in [5, 5.41) is 21.5. The molecule has 2 aromatic rings. The zero-order valence-corrected chi connectivity index (χ0v) is 19.7. The highest BCUT2D eigenvalue weighted by Crippen LogP contribution is 2.63. The summed E-state index contributed by atoms with van der Waals surface area (Å²) in [6.07, 6.45) is 2.80. The number of benzene rings is 2. The van der Waals surface area contributed by atoms with E-state index < -0.39 is 35.0 Å². The van der Waals surface area contributed by atoms with Crippen LogP contribution >= 0.6 is 0 Å². The summed E-state index contributed by atoms with van der Waals surface area (Å²) in [6, 6.07) is 12.6. The maximum atomic E-state index is 14.3. The number of hydrogen-bond acceptors (Lipinski definition) is 5. The number of rotatable bonds is 8. The minimum absolute atomic E-state index is 0.148. The second-order valence-corrected chi connectivity index (χ2v) is 9.94. The molecule has 0 aliphatic carbocycles. The van der Waals surface area contributed by atoms with E-state index in [0.29, 0.717) is 18.5 Å². The first-order chi connectivity index (χ1) is 16.8. The Morgan fingerprint density at radius 3 is 2.66 bits per heavy atom. The number of aliphatic hydroxyl groups excluding tert-OH is 1. The van der Waals surface area contributed by atoms with Crippen LogP contribution < -0.4 is 4.90 Å². The van der Waals surface area contributed by atoms with Gasteiger partial charge >= 0.3 is 5.97 Å². The number of anilines is 1. The number of carbonyl (C=O) groups is 3. The molecule has 0 aromatic heterocycles. The van der Waals surface area contributed by atoms with Crippen molar-refractivity contribution in [3.63, 3.8) is 0 Å². The fourth-order valence-electron chi connectivity index (χ4n) is 6.51. The molecule has 2 amide bonds. The molecule has 3 heterocycles. The maximum absolute atomic E-state index is 14.3. The van der Waals surface area contributed by atoms with Crippen LogP contribution in [-0.2, 0) is 19.1 Å². The molecule has 2 N–H and O–H groups in total. The van der Waals surface area contributed by atoms with Gasteiger partial charge in [0.15, 0.2) is 0 Å². The smallest absolute Gasteiger partial charge is 0.310 e. The summed E-state index contributed by atoms with van der Waals surface area (Å²) in [5.74, 6) is -3.76. The lowest BCUT2D eigenvalue weighted by Crippen LogP contribution is -2.56. The molecule has 8 heteroatoms. The molecule has 5 rings (SSSR count). The lowest BCUT2D eigenvalue weighted by molar-refractivity contribution is -0.154. The fourth-order valence-corrected chi connectivity index (χ4v) is 6.51. The van der Waals surface area contributed by atoms with E-state index in [9.17, 15) is 24.6 Å². The molecule has 0 radical (unpaired) electrons. The third-order valence-electron chi connectivity index (χ3n) is 7.96. The van der Waals surface area contributed by atoms with E-state index in [1.807, 2.05) is 42.5 Å². The number of carboxylic acid groups (broad SMARTS) is 1. The number of aliphatic hydroxyl groups is 1. The van der Waals surface area contributed by atoms with Crippen molar-refractivity contribution in [3.05, 3.63) is 55.1 Å². The predicted octanol–water partition coefficient (Wildman–Crippen LogP) is 2.59. The molecule has 3 aliphatic rings. The minimum atomic E-state index is -1.21. The molecule has 5 atom stereocenters. The maximum Gasteiger partial charge on any atom is 0.310 e. The molecule has 3 saturated heterocycles. The number of hydrogen-bond donors (Lipinski definition) is 2. The summed E-state index contributed by atoms with van der Waals surface area (Å²) >= 11 is 0. The number of carboxylic acids is 1. The summed E-state index contributed by atoms with van der Waals surface area (Å²) in [5.41, 5.74) is -1.55. The molecule has 184 valence electrons. The third kappa shape index (κ3) is 3.38. The van der Waals surface area contributed by atoms with Gasteiger partial charge in [-0.05, 0) is 49.1 Å². The van der Waals surface area contributed by atoms with Crippen molar-refractivity contribution in [1.82, 2.24) is 4.90 Å². The Hall–Kier alpha value is -3.23. The van der Waals surface area contributed by atoms with Gasteiger partial charge in [0, 0.05) is 25.4 Å². The predicted molar refractivity (Wildman–Crippen MR) is 130 cm³/mol. The lowest BCUT2D eigenvalue weighted by Gasteiger charge is -2.36. The van der Waals surface area contributed by atoms with Crippen LogP contribution in [0.5, 0.6) is 0 Å². The normalized spacial score (nSPS) is 31.1. The Balaban J connectivity index is 1.60. The van der Waals surface area contributed by atoms with Crippen LogP contribution in [-0.4, -0.2) is 69.8 Å². The Labute approximate surface area is 203 Å². The Morgan fingerprint density at radius 2 is 1.97 bits per heavy atom. The van der Waals surface area contributed by atoms with Gasteiger partial charge in [-0.25, -0.2) is 0 Å². The number of likely N-dealkylation sites (tertiary alicyclic amines) is 1. The molecule has 2 aromatic carbocycles. The van der Waals surface area contributed by atoms with Crippen molar-refractivity contribution in [2.24, 2.45) is 11.8 Å². The minimum Gasteiger partial charge on any atom is -0.481 e. The summed E-state index contributed by atoms with van der Waals surface area (Å²) in [4.78, 5) is 43.2. The fraction of sp³-hybridized carbons (Fsp3) is 0.444. The van der Waals surface area contributed by atoms with Crippen LogP contribution in [0.1, 0.15) is 26.2 Å². The first-order valence-electron chi connectivity index (χ1n) is 12.0. The second kappa shape index (κ2) is 8.46. The van der Waals surface area contributed by atoms with Crippen LogP contribution in [0.2, 0.25) is 0 Å². The number of ether oxygens (including phenoxy) is 1. The van der Waals surface area contributed by atoms with Crippen molar-refractivity contribution >= 4 is 34.2 Å². The number of carbonyl (C=O) groups excluding carboxylic acids is 2. The average Bonchev–Trinajstić information content (AvgIpc) is 3.41. The number of aliphatic carboxylic acids is 1. The molecule has 2 unspecified atom stereocenters. The zero-order valence-electron chi connectivity index (χ0n) is 19.7. The van der Waals surface area contributed by atoms with Crippen molar-refractivity contribution in [3.8, 4) is 0 Å². The molecule has 0 saturated carbocycles. The Morgan fingerprint density at radius 1 is 1.23 bits per heavy atom. The third-order valence-corrected chi connectivity index (χ3v) is 7.96. The van der Waals surface area contributed by atoms with E-state index in [-0.39, 0.29) is 37.9 Å². The van der Waals surface area contributed by atoms with Crippen molar-refractivity contribution in [1.29, 1.82) is 0 Å². The average molecular weight is 479 g/mol. The number of fused-ring (bicyclic) bond motifs is 2. The first kappa shape index (κ1) is 23.5. The van der Waals surface area contributed by atoms with Gasteiger partial charge in [0.05, 0.1) is 17.4 Å². The van der Waals surface area contributed by atoms with Crippen molar-refractivity contribution < 1.29 is 29.3 Å². The zero-order chi connectivity index (χ0) is 25.0. The van der Waals surface area contributed by atoms with Gasteiger partial charge in [0.2, 0.25) is 5.91 Å². The summed E-state index contributed by atoms with van der Waals surface area (Å²) < 4.78 is 6.41. The van der Waals surface area contributed by atoms with Gasteiger partial charge in [-0.15, -0.1) is 6.58 Å². The van der Waals surface area contributed by atoms with Gasteiger partial charge in [-0.1, -0.05) is 36.4 Å². The van der Waals surface area contributed by atoms with E-state index in [4.69, 9.17) is 4.74 Å². The number of amides is 2. The molecular formula is C27H30N2O6. The summed E-state index contributed by atoms with van der Waals surface area (Å²) in [7, 11) is 0. The van der Waals surface area contributed by atoms with E-state index in [1.54, 1.807) is 17.9 Å². The monoisotopic (exact) mass is 478 g/mol. The van der Waals surface area contributed by atoms with Crippen LogP contribution in [0.4, 0.5) is 5.69 Å². The van der Waals surface area contributed by atoms with Crippen LogP contribution in [0.25, 0.3) is 10.8 Å². The highest BCUT2D eigenvalue weighted by molar-refractivity contribution is 6.05. The van der Waals surface area contributed by atoms with E-state index in [1.165, 1.54) is 4.90 Å². The highest BCUT2D eigenvalue weighted by atomic mass is 16.5. The molecule has 3 aliphatic heterocycles. The van der Waals surface area contributed by atoms with E-state index >= 15 is 0 Å². The van der Waals surface area contributed by atoms with Crippen molar-refractivity contribution in [2.75, 3.05) is 24.6 Å². The van der Waals surface area contributed by atoms with Crippen LogP contribution in [0.3, 0.4) is 0 Å². The SMILES string of the molecule is C=CCN(C(=O)C1N(CCCO)C(=O)[C@@H]2[C@@H](C(=O)O)[C@@]3(C)CCC12O3)c1ccc2ccccc2c1. The van der Waals surface area contributed by atoms with Gasteiger partial charge in [-0.3, -0.25) is 14.4 Å². The van der Waals surface area contributed by atoms with Crippen LogP contribution in [0.15, 0.2) is 55.1 Å². The van der Waals surface area contributed by atoms with Crippen LogP contribution in [0, 0.1) is 11.8 Å². The quantitative estimate of drug-likeness (QED) is 0.565. The van der Waals surface area contributed by atoms with Gasteiger partial charge < -0.3 is 24.7 Å².